The summed E-state index contributed by atoms with van der Waals surface area (Å²) >= 11 is 3.46. The number of urea groups is 1. The number of carbonyl (C=O) groups is 1. The molecule has 0 spiro atoms. The average Bonchev–Trinajstić information content (AvgIpc) is 2.42. The van der Waals surface area contributed by atoms with Crippen LogP contribution in [0.5, 0.6) is 0 Å². The number of aryl methyl sites for hydroxylation is 1. The van der Waals surface area contributed by atoms with Crippen LogP contribution in [0.2, 0.25) is 0 Å². The van der Waals surface area contributed by atoms with E-state index < -0.39 is 0 Å². The summed E-state index contributed by atoms with van der Waals surface area (Å²) in [7, 11) is 1.64. The van der Waals surface area contributed by atoms with Gasteiger partial charge in [0.05, 0.1) is 5.69 Å². The molecule has 1 fully saturated rings. The van der Waals surface area contributed by atoms with Crippen molar-refractivity contribution in [3.8, 4) is 0 Å². The number of rotatable bonds is 2. The number of piperidine rings is 1. The Labute approximate surface area is 121 Å². The lowest BCUT2D eigenvalue weighted by Gasteiger charge is -2.33. The van der Waals surface area contributed by atoms with Crippen molar-refractivity contribution >= 4 is 27.8 Å². The maximum absolute atomic E-state index is 11.3. The van der Waals surface area contributed by atoms with E-state index in [1.807, 2.05) is 19.1 Å². The van der Waals surface area contributed by atoms with E-state index >= 15 is 0 Å². The lowest BCUT2D eigenvalue weighted by molar-refractivity contribution is 0.236. The maximum atomic E-state index is 11.3. The van der Waals surface area contributed by atoms with E-state index in [2.05, 4.69) is 36.4 Å². The summed E-state index contributed by atoms with van der Waals surface area (Å²) in [5.41, 5.74) is 1.00. The van der Waals surface area contributed by atoms with E-state index in [-0.39, 0.29) is 12.1 Å². The van der Waals surface area contributed by atoms with E-state index in [1.54, 1.807) is 7.05 Å². The van der Waals surface area contributed by atoms with Crippen LogP contribution in [0.15, 0.2) is 16.6 Å². The number of anilines is 1. The molecule has 2 heterocycles. The highest BCUT2D eigenvalue weighted by Gasteiger charge is 2.21. The van der Waals surface area contributed by atoms with Crippen molar-refractivity contribution < 1.29 is 4.79 Å². The van der Waals surface area contributed by atoms with Gasteiger partial charge in [0.2, 0.25) is 0 Å². The highest BCUT2D eigenvalue weighted by atomic mass is 79.9. The highest BCUT2D eigenvalue weighted by Crippen LogP contribution is 2.22. The number of nitrogens with one attached hydrogen (secondary N) is 2. The SMILES string of the molecule is CNC(=O)NC1CCN(c2ccc(Br)c(C)n2)CC1. The first-order valence-corrected chi connectivity index (χ1v) is 7.26. The van der Waals surface area contributed by atoms with Crippen LogP contribution < -0.4 is 15.5 Å². The first-order valence-electron chi connectivity index (χ1n) is 6.46. The van der Waals surface area contributed by atoms with Crippen molar-refractivity contribution in [1.29, 1.82) is 0 Å². The van der Waals surface area contributed by atoms with Crippen molar-refractivity contribution in [2.45, 2.75) is 25.8 Å². The summed E-state index contributed by atoms with van der Waals surface area (Å²) < 4.78 is 1.03. The summed E-state index contributed by atoms with van der Waals surface area (Å²) in [5, 5.41) is 5.54. The van der Waals surface area contributed by atoms with Gasteiger partial charge in [-0.15, -0.1) is 0 Å². The Morgan fingerprint density at radius 2 is 2.11 bits per heavy atom. The van der Waals surface area contributed by atoms with Crippen LogP contribution in [0, 0.1) is 6.92 Å². The van der Waals surface area contributed by atoms with Gasteiger partial charge >= 0.3 is 6.03 Å². The molecule has 2 rings (SSSR count). The molecule has 2 N–H and O–H groups in total. The molecule has 0 unspecified atom stereocenters. The number of halogens is 1. The van der Waals surface area contributed by atoms with Gasteiger partial charge in [0.15, 0.2) is 0 Å². The topological polar surface area (TPSA) is 57.3 Å². The van der Waals surface area contributed by atoms with Gasteiger partial charge in [-0.25, -0.2) is 9.78 Å². The monoisotopic (exact) mass is 326 g/mol. The Kier molecular flexibility index (Phi) is 4.63. The Bertz CT molecular complexity index is 458. The molecule has 1 aromatic heterocycles. The summed E-state index contributed by atoms with van der Waals surface area (Å²) in [5.74, 6) is 1.01. The molecule has 0 atom stereocenters. The van der Waals surface area contributed by atoms with Gasteiger partial charge in [0, 0.05) is 30.7 Å². The van der Waals surface area contributed by atoms with Crippen LogP contribution in [0.3, 0.4) is 0 Å². The van der Waals surface area contributed by atoms with Crippen LogP contribution in [-0.2, 0) is 0 Å². The molecule has 0 saturated carbocycles. The zero-order chi connectivity index (χ0) is 13.8. The van der Waals surface area contributed by atoms with E-state index in [1.165, 1.54) is 0 Å². The van der Waals surface area contributed by atoms with E-state index in [4.69, 9.17) is 0 Å². The Morgan fingerprint density at radius 3 is 2.68 bits per heavy atom. The molecule has 104 valence electrons. The minimum atomic E-state index is -0.101. The zero-order valence-corrected chi connectivity index (χ0v) is 12.8. The summed E-state index contributed by atoms with van der Waals surface area (Å²) in [6.07, 6.45) is 1.90. The minimum absolute atomic E-state index is 0.101. The molecular formula is C13H19BrN4O. The third kappa shape index (κ3) is 3.59. The van der Waals surface area contributed by atoms with Crippen LogP contribution >= 0.6 is 15.9 Å². The van der Waals surface area contributed by atoms with Crippen molar-refractivity contribution in [3.05, 3.63) is 22.3 Å². The lowest BCUT2D eigenvalue weighted by atomic mass is 10.1. The molecule has 1 saturated heterocycles. The van der Waals surface area contributed by atoms with E-state index in [9.17, 15) is 4.79 Å². The third-order valence-electron chi connectivity index (χ3n) is 3.39. The van der Waals surface area contributed by atoms with Crippen molar-refractivity contribution in [2.24, 2.45) is 0 Å². The fraction of sp³-hybridized carbons (Fsp3) is 0.538. The predicted octanol–water partition coefficient (Wildman–Crippen LogP) is 2.05. The van der Waals surface area contributed by atoms with Gasteiger partial charge in [-0.1, -0.05) is 0 Å². The second kappa shape index (κ2) is 6.23. The number of amides is 2. The van der Waals surface area contributed by atoms with E-state index in [0.29, 0.717) is 0 Å². The largest absolute Gasteiger partial charge is 0.356 e. The van der Waals surface area contributed by atoms with Crippen molar-refractivity contribution in [1.82, 2.24) is 15.6 Å². The van der Waals surface area contributed by atoms with Crippen LogP contribution in [0.25, 0.3) is 0 Å². The minimum Gasteiger partial charge on any atom is -0.356 e. The van der Waals surface area contributed by atoms with Crippen molar-refractivity contribution in [2.75, 3.05) is 25.0 Å². The average molecular weight is 327 g/mol. The molecule has 1 aliphatic rings. The van der Waals surface area contributed by atoms with Crippen LogP contribution in [0.4, 0.5) is 10.6 Å². The maximum Gasteiger partial charge on any atom is 0.314 e. The molecule has 1 aliphatic heterocycles. The fourth-order valence-electron chi connectivity index (χ4n) is 2.22. The van der Waals surface area contributed by atoms with Gasteiger partial charge in [0.1, 0.15) is 5.82 Å². The molecule has 1 aromatic rings. The molecule has 0 aliphatic carbocycles. The number of hydrogen-bond donors (Lipinski definition) is 2. The normalized spacial score (nSPS) is 16.3. The van der Waals surface area contributed by atoms with E-state index in [0.717, 1.165) is 41.9 Å². The highest BCUT2D eigenvalue weighted by molar-refractivity contribution is 9.10. The number of nitrogens with zero attached hydrogens (tertiary/aromatic N) is 2. The molecule has 2 amide bonds. The molecule has 5 nitrogen and oxygen atoms in total. The molecule has 0 bridgehead atoms. The molecule has 6 heteroatoms. The van der Waals surface area contributed by atoms with Crippen LogP contribution in [-0.4, -0.2) is 37.2 Å². The molecule has 19 heavy (non-hydrogen) atoms. The number of pyridine rings is 1. The van der Waals surface area contributed by atoms with Gasteiger partial charge in [-0.05, 0) is 47.8 Å². The molecular weight excluding hydrogens is 308 g/mol. The molecule has 0 radical (unpaired) electrons. The van der Waals surface area contributed by atoms with Crippen molar-refractivity contribution in [3.63, 3.8) is 0 Å². The third-order valence-corrected chi connectivity index (χ3v) is 4.23. The zero-order valence-electron chi connectivity index (χ0n) is 11.2. The number of aromatic nitrogens is 1. The predicted molar refractivity (Wildman–Crippen MR) is 79.5 cm³/mol. The summed E-state index contributed by atoms with van der Waals surface area (Å²) in [4.78, 5) is 18.1. The van der Waals surface area contributed by atoms with Gasteiger partial charge in [0.25, 0.3) is 0 Å². The Hall–Kier alpha value is -1.30. The smallest absolute Gasteiger partial charge is 0.314 e. The lowest BCUT2D eigenvalue weighted by Crippen LogP contribution is -2.47. The Balaban J connectivity index is 1.92. The van der Waals surface area contributed by atoms with Gasteiger partial charge in [-0.2, -0.15) is 0 Å². The number of hydrogen-bond acceptors (Lipinski definition) is 3. The van der Waals surface area contributed by atoms with Gasteiger partial charge in [-0.3, -0.25) is 0 Å². The Morgan fingerprint density at radius 1 is 1.42 bits per heavy atom. The standard InChI is InChI=1S/C13H19BrN4O/c1-9-11(14)3-4-12(16-9)18-7-5-10(6-8-18)17-13(19)15-2/h3-4,10H,5-8H2,1-2H3,(H2,15,17,19). The van der Waals surface area contributed by atoms with Crippen LogP contribution in [0.1, 0.15) is 18.5 Å². The summed E-state index contributed by atoms with van der Waals surface area (Å²) in [6, 6.07) is 4.22. The quantitative estimate of drug-likeness (QED) is 0.874. The number of carbonyl (C=O) groups excluding carboxylic acids is 1. The second-order valence-corrected chi connectivity index (χ2v) is 5.58. The second-order valence-electron chi connectivity index (χ2n) is 4.72. The first-order chi connectivity index (χ1) is 9.10. The molecule has 0 aromatic carbocycles. The van der Waals surface area contributed by atoms with Gasteiger partial charge < -0.3 is 15.5 Å². The fourth-order valence-corrected chi connectivity index (χ4v) is 2.44. The first kappa shape index (κ1) is 14.1. The summed E-state index contributed by atoms with van der Waals surface area (Å²) in [6.45, 7) is 3.83.